The van der Waals surface area contributed by atoms with E-state index in [9.17, 15) is 4.79 Å². The number of hydrogen-bond acceptors (Lipinski definition) is 3. The molecule has 0 bridgehead atoms. The fourth-order valence-electron chi connectivity index (χ4n) is 2.72. The first-order valence-corrected chi connectivity index (χ1v) is 5.53. The first-order chi connectivity index (χ1) is 6.77. The van der Waals surface area contributed by atoms with Crippen LogP contribution < -0.4 is 11.1 Å². The van der Waals surface area contributed by atoms with Crippen LogP contribution in [0.3, 0.4) is 0 Å². The maximum atomic E-state index is 10.7. The van der Waals surface area contributed by atoms with Gasteiger partial charge in [-0.25, -0.2) is 0 Å². The van der Waals surface area contributed by atoms with E-state index in [0.717, 1.165) is 6.42 Å². The molecule has 0 radical (unpaired) electrons. The van der Waals surface area contributed by atoms with E-state index < -0.39 is 0 Å². The van der Waals surface area contributed by atoms with Crippen LogP contribution in [0.25, 0.3) is 0 Å². The van der Waals surface area contributed by atoms with E-state index in [1.54, 1.807) is 0 Å². The van der Waals surface area contributed by atoms with Gasteiger partial charge < -0.3 is 11.1 Å². The molecule has 2 fully saturated rings. The van der Waals surface area contributed by atoms with Crippen molar-refractivity contribution in [3.05, 3.63) is 0 Å². The number of fused-ring (bicyclic) bond motifs is 1. The van der Waals surface area contributed by atoms with E-state index in [0.29, 0.717) is 18.6 Å². The third kappa shape index (κ3) is 2.07. The molecule has 14 heavy (non-hydrogen) atoms. The summed E-state index contributed by atoms with van der Waals surface area (Å²) in [6.07, 6.45) is 5.10. The maximum absolute atomic E-state index is 10.7. The van der Waals surface area contributed by atoms with Crippen LogP contribution in [0.2, 0.25) is 0 Å². The summed E-state index contributed by atoms with van der Waals surface area (Å²) in [5.41, 5.74) is 5.12. The number of nitrogens with one attached hydrogen (secondary N) is 1. The van der Waals surface area contributed by atoms with Crippen molar-refractivity contribution in [3.8, 4) is 0 Å². The zero-order valence-electron chi connectivity index (χ0n) is 8.54. The van der Waals surface area contributed by atoms with Gasteiger partial charge in [-0.05, 0) is 25.8 Å². The predicted octanol–water partition coefficient (Wildman–Crippen LogP) is -0.312. The molecule has 2 atom stereocenters. The second kappa shape index (κ2) is 4.28. The lowest BCUT2D eigenvalue weighted by Crippen LogP contribution is -2.46. The third-order valence-electron chi connectivity index (χ3n) is 3.39. The van der Waals surface area contributed by atoms with Crippen molar-refractivity contribution >= 4 is 5.91 Å². The van der Waals surface area contributed by atoms with Gasteiger partial charge in [-0.3, -0.25) is 9.69 Å². The predicted molar refractivity (Wildman–Crippen MR) is 54.8 cm³/mol. The summed E-state index contributed by atoms with van der Waals surface area (Å²) in [6.45, 7) is 2.75. The van der Waals surface area contributed by atoms with Crippen LogP contribution in [0.4, 0.5) is 0 Å². The van der Waals surface area contributed by atoms with Gasteiger partial charge in [0.25, 0.3) is 0 Å². The fourth-order valence-corrected chi connectivity index (χ4v) is 2.72. The standard InChI is InChI=1S/C10H19N3O/c11-10(14)7-12-8-4-6-13-5-2-1-3-9(8)13/h8-9,12H,1-7H2,(H2,11,14). The van der Waals surface area contributed by atoms with Crippen molar-refractivity contribution in [1.29, 1.82) is 0 Å². The number of nitrogens with two attached hydrogens (primary N) is 1. The Morgan fingerprint density at radius 2 is 2.21 bits per heavy atom. The van der Waals surface area contributed by atoms with Crippen LogP contribution in [-0.4, -0.2) is 42.5 Å². The minimum atomic E-state index is -0.251. The summed E-state index contributed by atoms with van der Waals surface area (Å²) in [5.74, 6) is -0.251. The molecular formula is C10H19N3O. The van der Waals surface area contributed by atoms with E-state index in [-0.39, 0.29) is 5.91 Å². The van der Waals surface area contributed by atoms with Crippen molar-refractivity contribution in [3.63, 3.8) is 0 Å². The molecule has 0 aromatic carbocycles. The normalized spacial score (nSPS) is 32.9. The largest absolute Gasteiger partial charge is 0.369 e. The van der Waals surface area contributed by atoms with E-state index in [1.807, 2.05) is 0 Å². The Hall–Kier alpha value is -0.610. The highest BCUT2D eigenvalue weighted by Crippen LogP contribution is 2.26. The molecule has 0 aromatic heterocycles. The number of carbonyl (C=O) groups is 1. The number of hydrogen-bond donors (Lipinski definition) is 2. The van der Waals surface area contributed by atoms with E-state index in [1.165, 1.54) is 32.4 Å². The molecule has 0 aliphatic carbocycles. The van der Waals surface area contributed by atoms with Gasteiger partial charge in [0.05, 0.1) is 6.54 Å². The van der Waals surface area contributed by atoms with Gasteiger partial charge in [-0.1, -0.05) is 6.42 Å². The van der Waals surface area contributed by atoms with Gasteiger partial charge in [0.15, 0.2) is 0 Å². The Morgan fingerprint density at radius 3 is 3.00 bits per heavy atom. The topological polar surface area (TPSA) is 58.4 Å². The Kier molecular flexibility index (Phi) is 3.03. The third-order valence-corrected chi connectivity index (χ3v) is 3.39. The van der Waals surface area contributed by atoms with Crippen molar-refractivity contribution in [2.24, 2.45) is 5.73 Å². The highest BCUT2D eigenvalue weighted by Gasteiger charge is 2.34. The highest BCUT2D eigenvalue weighted by molar-refractivity contribution is 5.75. The molecule has 2 saturated heterocycles. The van der Waals surface area contributed by atoms with Crippen molar-refractivity contribution < 1.29 is 4.79 Å². The average Bonchev–Trinajstić information content (AvgIpc) is 2.58. The van der Waals surface area contributed by atoms with Crippen molar-refractivity contribution in [2.45, 2.75) is 37.8 Å². The summed E-state index contributed by atoms with van der Waals surface area (Å²) >= 11 is 0. The molecule has 2 rings (SSSR count). The summed E-state index contributed by atoms with van der Waals surface area (Å²) in [7, 11) is 0. The molecule has 0 saturated carbocycles. The average molecular weight is 197 g/mol. The lowest BCUT2D eigenvalue weighted by Gasteiger charge is -2.32. The number of rotatable bonds is 3. The molecule has 2 aliphatic rings. The van der Waals surface area contributed by atoms with Crippen LogP contribution in [0.15, 0.2) is 0 Å². The summed E-state index contributed by atoms with van der Waals surface area (Å²) < 4.78 is 0. The molecule has 1 amide bonds. The number of piperidine rings is 1. The van der Waals surface area contributed by atoms with E-state index in [4.69, 9.17) is 5.73 Å². The van der Waals surface area contributed by atoms with Crippen molar-refractivity contribution in [2.75, 3.05) is 19.6 Å². The molecule has 2 heterocycles. The van der Waals surface area contributed by atoms with Crippen molar-refractivity contribution in [1.82, 2.24) is 10.2 Å². The molecule has 2 unspecified atom stereocenters. The van der Waals surface area contributed by atoms with Gasteiger partial charge in [0, 0.05) is 18.6 Å². The Bertz CT molecular complexity index is 219. The summed E-state index contributed by atoms with van der Waals surface area (Å²) in [4.78, 5) is 13.2. The summed E-state index contributed by atoms with van der Waals surface area (Å²) in [5, 5.41) is 3.26. The lowest BCUT2D eigenvalue weighted by atomic mass is 9.99. The molecule has 3 N–H and O–H groups in total. The Morgan fingerprint density at radius 1 is 1.36 bits per heavy atom. The Labute approximate surface area is 84.8 Å². The summed E-state index contributed by atoms with van der Waals surface area (Å²) in [6, 6.07) is 1.14. The molecule has 80 valence electrons. The second-order valence-electron chi connectivity index (χ2n) is 4.34. The van der Waals surface area contributed by atoms with Gasteiger partial charge in [-0.2, -0.15) is 0 Å². The molecule has 0 aromatic rings. The van der Waals surface area contributed by atoms with Gasteiger partial charge in [0.1, 0.15) is 0 Å². The number of carbonyl (C=O) groups excluding carboxylic acids is 1. The monoisotopic (exact) mass is 197 g/mol. The quantitative estimate of drug-likeness (QED) is 0.652. The van der Waals surface area contributed by atoms with Gasteiger partial charge >= 0.3 is 0 Å². The first kappa shape index (κ1) is 9.93. The zero-order chi connectivity index (χ0) is 9.97. The Balaban J connectivity index is 1.84. The molecule has 4 nitrogen and oxygen atoms in total. The maximum Gasteiger partial charge on any atom is 0.231 e. The molecule has 4 heteroatoms. The molecular weight excluding hydrogens is 178 g/mol. The minimum absolute atomic E-state index is 0.251. The van der Waals surface area contributed by atoms with Crippen LogP contribution in [0, 0.1) is 0 Å². The zero-order valence-corrected chi connectivity index (χ0v) is 8.54. The second-order valence-corrected chi connectivity index (χ2v) is 4.34. The van der Waals surface area contributed by atoms with E-state index in [2.05, 4.69) is 10.2 Å². The van der Waals surface area contributed by atoms with Gasteiger partial charge in [-0.15, -0.1) is 0 Å². The first-order valence-electron chi connectivity index (χ1n) is 5.53. The molecule has 0 spiro atoms. The number of primary amides is 1. The number of amides is 1. The van der Waals surface area contributed by atoms with Crippen LogP contribution in [-0.2, 0) is 4.79 Å². The van der Waals surface area contributed by atoms with Crippen LogP contribution in [0.1, 0.15) is 25.7 Å². The number of nitrogens with zero attached hydrogens (tertiary/aromatic N) is 1. The van der Waals surface area contributed by atoms with Crippen LogP contribution >= 0.6 is 0 Å². The van der Waals surface area contributed by atoms with E-state index >= 15 is 0 Å². The lowest BCUT2D eigenvalue weighted by molar-refractivity contribution is -0.117. The fraction of sp³-hybridized carbons (Fsp3) is 0.900. The smallest absolute Gasteiger partial charge is 0.231 e. The SMILES string of the molecule is NC(=O)CNC1CCN2CCCCC12. The molecule has 2 aliphatic heterocycles. The van der Waals surface area contributed by atoms with Crippen LogP contribution in [0.5, 0.6) is 0 Å². The highest BCUT2D eigenvalue weighted by atomic mass is 16.1. The minimum Gasteiger partial charge on any atom is -0.369 e. The van der Waals surface area contributed by atoms with Gasteiger partial charge in [0.2, 0.25) is 5.91 Å².